The summed E-state index contributed by atoms with van der Waals surface area (Å²) in [7, 11) is 1.85. The molecule has 6 nitrogen and oxygen atoms in total. The summed E-state index contributed by atoms with van der Waals surface area (Å²) in [5, 5.41) is 2.54. The topological polar surface area (TPSA) is 75.7 Å². The summed E-state index contributed by atoms with van der Waals surface area (Å²) in [6.07, 6.45) is 5.61. The minimum atomic E-state index is -0.643. The molecule has 0 heterocycles. The Kier molecular flexibility index (Phi) is 8.67. The number of carbonyl (C=O) groups is 3. The third-order valence-corrected chi connectivity index (χ3v) is 6.49. The van der Waals surface area contributed by atoms with E-state index in [0.717, 1.165) is 25.7 Å². The Balaban J connectivity index is 1.52. The summed E-state index contributed by atoms with van der Waals surface area (Å²) in [6.45, 7) is -0.474. The van der Waals surface area contributed by atoms with Crippen molar-refractivity contribution in [1.29, 1.82) is 0 Å². The monoisotopic (exact) mass is 458 g/mol. The van der Waals surface area contributed by atoms with Gasteiger partial charge in [0.1, 0.15) is 5.82 Å². The average molecular weight is 459 g/mol. The first-order valence-corrected chi connectivity index (χ1v) is 11.6. The van der Waals surface area contributed by atoms with Crippen LogP contribution in [0.3, 0.4) is 0 Å². The van der Waals surface area contributed by atoms with E-state index in [2.05, 4.69) is 5.32 Å². The van der Waals surface area contributed by atoms with E-state index in [-0.39, 0.29) is 17.7 Å². The van der Waals surface area contributed by atoms with Gasteiger partial charge in [-0.1, -0.05) is 31.4 Å². The van der Waals surface area contributed by atoms with Crippen LogP contribution in [0, 0.1) is 5.82 Å². The van der Waals surface area contributed by atoms with Gasteiger partial charge in [0.05, 0.1) is 11.3 Å². The molecule has 1 aliphatic carbocycles. The van der Waals surface area contributed by atoms with E-state index in [0.29, 0.717) is 16.1 Å². The van der Waals surface area contributed by atoms with Crippen LogP contribution in [0.25, 0.3) is 0 Å². The van der Waals surface area contributed by atoms with E-state index in [9.17, 15) is 18.8 Å². The Bertz CT molecular complexity index is 945. The van der Waals surface area contributed by atoms with Gasteiger partial charge in [-0.05, 0) is 49.2 Å². The zero-order valence-electron chi connectivity index (χ0n) is 18.0. The molecule has 1 saturated carbocycles. The zero-order chi connectivity index (χ0) is 22.9. The summed E-state index contributed by atoms with van der Waals surface area (Å²) < 4.78 is 18.1. The SMILES string of the molecule is CN(C(=O)CSc1ccccc1C(=O)OCC(=O)Nc1ccc(F)cc1)C1CCCCC1. The van der Waals surface area contributed by atoms with E-state index in [1.54, 1.807) is 24.3 Å². The lowest BCUT2D eigenvalue weighted by Gasteiger charge is -2.31. The largest absolute Gasteiger partial charge is 0.452 e. The molecule has 0 saturated heterocycles. The minimum absolute atomic E-state index is 0.0312. The van der Waals surface area contributed by atoms with Crippen LogP contribution < -0.4 is 5.32 Å². The number of thioether (sulfide) groups is 1. The second-order valence-corrected chi connectivity index (χ2v) is 8.73. The smallest absolute Gasteiger partial charge is 0.339 e. The van der Waals surface area contributed by atoms with E-state index < -0.39 is 24.3 Å². The van der Waals surface area contributed by atoms with E-state index in [1.807, 2.05) is 11.9 Å². The second-order valence-electron chi connectivity index (χ2n) is 7.71. The number of halogens is 1. The number of esters is 1. The van der Waals surface area contributed by atoms with Gasteiger partial charge in [-0.25, -0.2) is 9.18 Å². The Hall–Kier alpha value is -2.87. The van der Waals surface area contributed by atoms with Crippen molar-refractivity contribution in [2.24, 2.45) is 0 Å². The third kappa shape index (κ3) is 6.82. The lowest BCUT2D eigenvalue weighted by Crippen LogP contribution is -2.39. The van der Waals surface area contributed by atoms with Crippen LogP contribution in [0.4, 0.5) is 10.1 Å². The van der Waals surface area contributed by atoms with Gasteiger partial charge in [-0.3, -0.25) is 9.59 Å². The van der Waals surface area contributed by atoms with Crippen molar-refractivity contribution in [3.63, 3.8) is 0 Å². The fourth-order valence-electron chi connectivity index (χ4n) is 3.61. The summed E-state index contributed by atoms with van der Waals surface area (Å²) in [4.78, 5) is 39.6. The molecule has 32 heavy (non-hydrogen) atoms. The highest BCUT2D eigenvalue weighted by Crippen LogP contribution is 2.26. The van der Waals surface area contributed by atoms with Gasteiger partial charge in [0.15, 0.2) is 6.61 Å². The number of hydrogen-bond acceptors (Lipinski definition) is 5. The summed E-state index contributed by atoms with van der Waals surface area (Å²) >= 11 is 1.29. The van der Waals surface area contributed by atoms with Crippen molar-refractivity contribution in [3.8, 4) is 0 Å². The molecule has 0 bridgehead atoms. The molecule has 3 rings (SSSR count). The molecular weight excluding hydrogens is 431 g/mol. The van der Waals surface area contributed by atoms with Crippen LogP contribution in [0.5, 0.6) is 0 Å². The van der Waals surface area contributed by atoms with Gasteiger partial charge in [-0.15, -0.1) is 11.8 Å². The normalized spacial score (nSPS) is 13.9. The third-order valence-electron chi connectivity index (χ3n) is 5.44. The number of nitrogens with zero attached hydrogens (tertiary/aromatic N) is 1. The number of anilines is 1. The zero-order valence-corrected chi connectivity index (χ0v) is 18.8. The van der Waals surface area contributed by atoms with E-state index >= 15 is 0 Å². The molecule has 0 unspecified atom stereocenters. The minimum Gasteiger partial charge on any atom is -0.452 e. The Morgan fingerprint density at radius 2 is 1.75 bits per heavy atom. The van der Waals surface area contributed by atoms with Crippen LogP contribution in [0.1, 0.15) is 42.5 Å². The standard InChI is InChI=1S/C24H27FN2O4S/c1-27(19-7-3-2-4-8-19)23(29)16-32-21-10-6-5-9-20(21)24(30)31-15-22(28)26-18-13-11-17(25)12-14-18/h5-6,9-14,19H,2-4,7-8,15-16H2,1H3,(H,26,28). The van der Waals surface area contributed by atoms with Gasteiger partial charge in [0.25, 0.3) is 5.91 Å². The van der Waals surface area contributed by atoms with E-state index in [1.165, 1.54) is 42.4 Å². The van der Waals surface area contributed by atoms with Crippen LogP contribution in [0.2, 0.25) is 0 Å². The molecule has 1 fully saturated rings. The Morgan fingerprint density at radius 1 is 1.06 bits per heavy atom. The fourth-order valence-corrected chi connectivity index (χ4v) is 4.58. The van der Waals surface area contributed by atoms with Crippen LogP contribution >= 0.6 is 11.8 Å². The van der Waals surface area contributed by atoms with Crippen molar-refractivity contribution in [2.45, 2.75) is 43.0 Å². The van der Waals surface area contributed by atoms with Gasteiger partial charge in [0.2, 0.25) is 5.91 Å². The second kappa shape index (κ2) is 11.7. The van der Waals surface area contributed by atoms with Gasteiger partial charge in [0, 0.05) is 23.7 Å². The maximum Gasteiger partial charge on any atom is 0.339 e. The average Bonchev–Trinajstić information content (AvgIpc) is 2.82. The molecule has 1 aliphatic rings. The first-order valence-electron chi connectivity index (χ1n) is 10.6. The predicted molar refractivity (Wildman–Crippen MR) is 122 cm³/mol. The molecule has 8 heteroatoms. The Labute approximate surface area is 191 Å². The summed E-state index contributed by atoms with van der Waals surface area (Å²) in [5.74, 6) is -1.33. The number of nitrogens with one attached hydrogen (secondary N) is 1. The molecule has 0 radical (unpaired) electrons. The first-order chi connectivity index (χ1) is 15.4. The van der Waals surface area contributed by atoms with Crippen molar-refractivity contribution in [1.82, 2.24) is 4.90 Å². The molecule has 1 N–H and O–H groups in total. The van der Waals surface area contributed by atoms with Crippen molar-refractivity contribution >= 4 is 35.2 Å². The highest BCUT2D eigenvalue weighted by molar-refractivity contribution is 8.00. The number of rotatable bonds is 8. The Morgan fingerprint density at radius 3 is 2.47 bits per heavy atom. The highest BCUT2D eigenvalue weighted by Gasteiger charge is 2.23. The van der Waals surface area contributed by atoms with Crippen LogP contribution in [-0.2, 0) is 14.3 Å². The quantitative estimate of drug-likeness (QED) is 0.466. The van der Waals surface area contributed by atoms with Crippen molar-refractivity contribution < 1.29 is 23.5 Å². The molecular formula is C24H27FN2O4S. The van der Waals surface area contributed by atoms with Gasteiger partial charge < -0.3 is 15.0 Å². The number of hydrogen-bond donors (Lipinski definition) is 1. The predicted octanol–water partition coefficient (Wildman–Crippen LogP) is 4.50. The number of amides is 2. The van der Waals surface area contributed by atoms with Crippen LogP contribution in [0.15, 0.2) is 53.4 Å². The summed E-state index contributed by atoms with van der Waals surface area (Å²) in [5.41, 5.74) is 0.712. The van der Waals surface area contributed by atoms with Crippen LogP contribution in [-0.4, -0.2) is 48.1 Å². The molecule has 0 atom stereocenters. The van der Waals surface area contributed by atoms with Gasteiger partial charge in [-0.2, -0.15) is 0 Å². The lowest BCUT2D eigenvalue weighted by molar-refractivity contribution is -0.129. The number of benzene rings is 2. The molecule has 0 spiro atoms. The molecule has 170 valence electrons. The fraction of sp³-hybridized carbons (Fsp3) is 0.375. The van der Waals surface area contributed by atoms with E-state index in [4.69, 9.17) is 4.74 Å². The summed E-state index contributed by atoms with van der Waals surface area (Å²) in [6, 6.07) is 12.4. The lowest BCUT2D eigenvalue weighted by atomic mass is 9.94. The molecule has 2 aromatic carbocycles. The molecule has 2 amide bonds. The van der Waals surface area contributed by atoms with Crippen molar-refractivity contribution in [2.75, 3.05) is 24.7 Å². The first kappa shape index (κ1) is 23.8. The number of ether oxygens (including phenoxy) is 1. The highest BCUT2D eigenvalue weighted by atomic mass is 32.2. The maximum atomic E-state index is 12.9. The number of carbonyl (C=O) groups excluding carboxylic acids is 3. The maximum absolute atomic E-state index is 12.9. The van der Waals surface area contributed by atoms with Crippen molar-refractivity contribution in [3.05, 3.63) is 59.9 Å². The molecule has 0 aliphatic heterocycles. The van der Waals surface area contributed by atoms with Gasteiger partial charge >= 0.3 is 5.97 Å². The molecule has 0 aromatic heterocycles. The molecule has 2 aromatic rings.